The summed E-state index contributed by atoms with van der Waals surface area (Å²) in [6, 6.07) is 13.6. The van der Waals surface area contributed by atoms with Crippen LogP contribution in [-0.4, -0.2) is 109 Å². The number of aromatic amines is 2. The Balaban J connectivity index is 1.51. The molecule has 0 unspecified atom stereocenters. The number of aromatic nitrogens is 8. The third-order valence-electron chi connectivity index (χ3n) is 10.3. The second kappa shape index (κ2) is 14.4. The summed E-state index contributed by atoms with van der Waals surface area (Å²) in [5, 5.41) is 2.09. The third kappa shape index (κ3) is 5.78. The first kappa shape index (κ1) is 37.6. The number of hydrogen-bond donors (Lipinski definition) is 2. The van der Waals surface area contributed by atoms with Crippen LogP contribution in [0, 0.1) is 0 Å². The number of fused-ring (bicyclic) bond motifs is 20. The molecule has 5 heterocycles. The fraction of sp³-hybridized carbons (Fsp3) is 0.190. The Morgan fingerprint density at radius 1 is 0.367 bits per heavy atom. The summed E-state index contributed by atoms with van der Waals surface area (Å²) in [7, 11) is 11.7. The van der Waals surface area contributed by atoms with E-state index in [1.54, 1.807) is 50.6 Å². The normalized spacial score (nSPS) is 11.5. The topological polar surface area (TPSA) is 217 Å². The molecule has 2 aliphatic heterocycles. The molecule has 7 aromatic rings. The van der Waals surface area contributed by atoms with Gasteiger partial charge in [-0.15, -0.1) is 0 Å². The Morgan fingerprint density at radius 2 is 0.617 bits per heavy atom. The average Bonchev–Trinajstić information content (AvgIpc) is 4.00. The summed E-state index contributed by atoms with van der Waals surface area (Å²) >= 11 is 0. The lowest BCUT2D eigenvalue weighted by Gasteiger charge is -2.09. The molecule has 2 aliphatic rings. The highest BCUT2D eigenvalue weighted by molar-refractivity contribution is 6.13. The van der Waals surface area contributed by atoms with Crippen molar-refractivity contribution in [2.24, 2.45) is 0 Å². The Kier molecular flexibility index (Phi) is 9.02. The molecule has 302 valence electrons. The maximum Gasteiger partial charge on any atom is 0.338 e. The van der Waals surface area contributed by atoms with E-state index in [1.165, 1.54) is 54.8 Å². The van der Waals surface area contributed by atoms with Crippen LogP contribution in [0.25, 0.3) is 89.7 Å². The Bertz CT molecular complexity index is 2960. The lowest BCUT2D eigenvalue weighted by molar-refractivity contribution is 0.0555. The number of carbonyl (C=O) groups excluding carboxylic acids is 2. The van der Waals surface area contributed by atoms with E-state index < -0.39 is 11.9 Å². The highest BCUT2D eigenvalue weighted by atomic mass is 16.5. The van der Waals surface area contributed by atoms with Crippen LogP contribution in [0.5, 0.6) is 34.5 Å². The quantitative estimate of drug-likeness (QED) is 0.157. The molecule has 0 amide bonds. The molecule has 3 aromatic heterocycles. The number of H-pyrrole nitrogens is 2. The minimum Gasteiger partial charge on any atom is -0.493 e. The van der Waals surface area contributed by atoms with Crippen LogP contribution in [-0.2, 0) is 9.47 Å². The van der Waals surface area contributed by atoms with Crippen molar-refractivity contribution < 1.29 is 47.5 Å². The van der Waals surface area contributed by atoms with Gasteiger partial charge in [-0.05, 0) is 48.5 Å². The van der Waals surface area contributed by atoms with Crippen LogP contribution in [0.4, 0.5) is 0 Å². The van der Waals surface area contributed by atoms with Crippen LogP contribution >= 0.6 is 0 Å². The van der Waals surface area contributed by atoms with Gasteiger partial charge in [-0.2, -0.15) is 0 Å². The number of carbonyl (C=O) groups is 2. The van der Waals surface area contributed by atoms with E-state index in [1.807, 2.05) is 0 Å². The van der Waals surface area contributed by atoms with E-state index in [0.717, 1.165) is 0 Å². The lowest BCUT2D eigenvalue weighted by atomic mass is 10.0. The highest BCUT2D eigenvalue weighted by Crippen LogP contribution is 2.45. The number of nitrogens with zero attached hydrogens (tertiary/aromatic N) is 6. The second-order valence-corrected chi connectivity index (χ2v) is 13.3. The molecule has 2 N–H and O–H groups in total. The molecule has 9 rings (SSSR count). The van der Waals surface area contributed by atoms with Crippen LogP contribution < -0.4 is 28.4 Å². The molecular weight excluding hydrogens is 777 g/mol. The van der Waals surface area contributed by atoms with E-state index in [9.17, 15) is 9.59 Å². The molecular formula is C42H34N8O10. The highest BCUT2D eigenvalue weighted by Gasteiger charge is 2.28. The summed E-state index contributed by atoms with van der Waals surface area (Å²) in [5.41, 5.74) is 3.43. The zero-order valence-electron chi connectivity index (χ0n) is 33.4. The first-order valence-corrected chi connectivity index (χ1v) is 18.1. The number of ether oxygens (including phenoxy) is 8. The van der Waals surface area contributed by atoms with E-state index in [2.05, 4.69) is 9.97 Å². The van der Waals surface area contributed by atoms with Crippen molar-refractivity contribution in [3.63, 3.8) is 0 Å². The van der Waals surface area contributed by atoms with E-state index >= 15 is 0 Å². The summed E-state index contributed by atoms with van der Waals surface area (Å²) in [6.07, 6.45) is 0. The SMILES string of the molecule is COC(=O)c1cc2c3nc4nc(nc5[nH]c(nc6nc(nc([nH]3)c2cc1C(=O)OC)-c1cc(OC)c(OC)cc1-6)c1cc(OC)c(OC)cc51)-c1cc(OC)c(OC)cc1-4. The Hall–Kier alpha value is -8.02. The third-order valence-corrected chi connectivity index (χ3v) is 10.3. The average molecular weight is 811 g/mol. The first-order chi connectivity index (χ1) is 29.1. The standard InChI is InChI=1S/C42H34N8O10/c1-53-27-11-19-21(13-29(27)55-3)37-46-35(19)44-33-17-9-25(41(51)59-7)26(42(52)60-8)10-18(17)34(43-33)45-36-20-12-28(54-2)30(56-4)14-22(20)38(47-36)49-40-24-16-32(58-6)31(57-5)15-23(24)39(48-37)50-40/h9-16H,1-8H3,(H2,43,44,45,46,47,48,49,50). The van der Waals surface area contributed by atoms with Crippen molar-refractivity contribution >= 4 is 56.1 Å². The minimum atomic E-state index is -0.765. The maximum absolute atomic E-state index is 13.2. The summed E-state index contributed by atoms with van der Waals surface area (Å²) in [6.45, 7) is 0. The smallest absolute Gasteiger partial charge is 0.338 e. The molecule has 18 heteroatoms. The molecule has 0 atom stereocenters. The van der Waals surface area contributed by atoms with Gasteiger partial charge in [0.05, 0.1) is 68.0 Å². The molecule has 0 saturated heterocycles. The van der Waals surface area contributed by atoms with Gasteiger partial charge >= 0.3 is 11.9 Å². The molecule has 0 aliphatic carbocycles. The van der Waals surface area contributed by atoms with Gasteiger partial charge in [-0.1, -0.05) is 0 Å². The molecule has 4 aromatic carbocycles. The predicted molar refractivity (Wildman–Crippen MR) is 218 cm³/mol. The van der Waals surface area contributed by atoms with Gasteiger partial charge in [-0.25, -0.2) is 39.5 Å². The van der Waals surface area contributed by atoms with Crippen LogP contribution in [0.3, 0.4) is 0 Å². The summed E-state index contributed by atoms with van der Waals surface area (Å²) in [4.78, 5) is 63.1. The molecule has 0 spiro atoms. The van der Waals surface area contributed by atoms with Gasteiger partial charge in [0, 0.05) is 43.8 Å². The lowest BCUT2D eigenvalue weighted by Crippen LogP contribution is -2.11. The number of nitrogens with one attached hydrogen (secondary N) is 2. The minimum absolute atomic E-state index is 0.0526. The van der Waals surface area contributed by atoms with Crippen molar-refractivity contribution in [1.29, 1.82) is 0 Å². The monoisotopic (exact) mass is 810 g/mol. The maximum atomic E-state index is 13.2. The number of methoxy groups -OCH3 is 8. The van der Waals surface area contributed by atoms with Gasteiger partial charge in [0.15, 0.2) is 57.8 Å². The Morgan fingerprint density at radius 3 is 0.867 bits per heavy atom. The molecule has 8 bridgehead atoms. The Labute approximate surface area is 339 Å². The van der Waals surface area contributed by atoms with Gasteiger partial charge in [-0.3, -0.25) is 0 Å². The van der Waals surface area contributed by atoms with Crippen LogP contribution in [0.1, 0.15) is 20.7 Å². The zero-order chi connectivity index (χ0) is 42.0. The van der Waals surface area contributed by atoms with Crippen molar-refractivity contribution in [1.82, 2.24) is 39.9 Å². The van der Waals surface area contributed by atoms with E-state index in [0.29, 0.717) is 89.6 Å². The largest absolute Gasteiger partial charge is 0.493 e. The first-order valence-electron chi connectivity index (χ1n) is 18.1. The van der Waals surface area contributed by atoms with Gasteiger partial charge < -0.3 is 47.9 Å². The number of hydrogen-bond acceptors (Lipinski definition) is 16. The fourth-order valence-electron chi connectivity index (χ4n) is 7.37. The molecule has 0 saturated carbocycles. The fourth-order valence-corrected chi connectivity index (χ4v) is 7.37. The van der Waals surface area contributed by atoms with Gasteiger partial charge in [0.25, 0.3) is 0 Å². The van der Waals surface area contributed by atoms with Crippen molar-refractivity contribution in [3.05, 3.63) is 59.7 Å². The van der Waals surface area contributed by atoms with E-state index in [-0.39, 0.29) is 45.7 Å². The van der Waals surface area contributed by atoms with Crippen molar-refractivity contribution in [2.75, 3.05) is 56.9 Å². The number of rotatable bonds is 8. The number of esters is 2. The summed E-state index contributed by atoms with van der Waals surface area (Å²) < 4.78 is 44.3. The molecule has 0 radical (unpaired) electrons. The number of benzene rings is 4. The van der Waals surface area contributed by atoms with Crippen molar-refractivity contribution in [3.8, 4) is 80.0 Å². The predicted octanol–water partition coefficient (Wildman–Crippen LogP) is 6.49. The van der Waals surface area contributed by atoms with Crippen molar-refractivity contribution in [2.45, 2.75) is 0 Å². The molecule has 60 heavy (non-hydrogen) atoms. The van der Waals surface area contributed by atoms with E-state index in [4.69, 9.17) is 67.8 Å². The van der Waals surface area contributed by atoms with Crippen LogP contribution in [0.2, 0.25) is 0 Å². The molecule has 18 nitrogen and oxygen atoms in total. The van der Waals surface area contributed by atoms with Crippen LogP contribution in [0.15, 0.2) is 48.5 Å². The zero-order valence-corrected chi connectivity index (χ0v) is 33.4. The second-order valence-electron chi connectivity index (χ2n) is 13.3. The molecule has 0 fully saturated rings. The van der Waals surface area contributed by atoms with Gasteiger partial charge in [0.2, 0.25) is 0 Å². The van der Waals surface area contributed by atoms with Gasteiger partial charge in [0.1, 0.15) is 22.6 Å². The summed E-state index contributed by atoms with van der Waals surface area (Å²) in [5.74, 6) is 2.15.